The van der Waals surface area contributed by atoms with Crippen LogP contribution in [0.25, 0.3) is 10.9 Å². The summed E-state index contributed by atoms with van der Waals surface area (Å²) in [6, 6.07) is 6.49. The van der Waals surface area contributed by atoms with E-state index in [4.69, 9.17) is 4.74 Å². The molecule has 2 rings (SSSR count). The molecule has 1 unspecified atom stereocenters. The number of aromatic nitrogens is 1. The fraction of sp³-hybridized carbons (Fsp3) is 0.444. The van der Waals surface area contributed by atoms with E-state index in [9.17, 15) is 10.1 Å². The van der Waals surface area contributed by atoms with Crippen LogP contribution in [0.1, 0.15) is 27.7 Å². The minimum absolute atomic E-state index is 0.0311. The van der Waals surface area contributed by atoms with Gasteiger partial charge in [0.2, 0.25) is 0 Å². The molecule has 0 spiro atoms. The lowest BCUT2D eigenvalue weighted by atomic mass is 10.1. The van der Waals surface area contributed by atoms with Crippen LogP contribution in [0, 0.1) is 17.0 Å². The van der Waals surface area contributed by atoms with Crippen molar-refractivity contribution in [3.63, 3.8) is 0 Å². The molecule has 1 radical (unpaired) electrons. The van der Waals surface area contributed by atoms with E-state index in [0.717, 1.165) is 0 Å². The molecular weight excluding hydrogens is 320 g/mol. The molecule has 0 N–H and O–H groups in total. The minimum Gasteiger partial charge on any atom is -0.489 e. The minimum atomic E-state index is -1.93. The van der Waals surface area contributed by atoms with E-state index >= 15 is 0 Å². The van der Waals surface area contributed by atoms with Crippen molar-refractivity contribution in [2.24, 2.45) is 0 Å². The van der Waals surface area contributed by atoms with E-state index in [1.54, 1.807) is 24.4 Å². The molecule has 6 heteroatoms. The van der Waals surface area contributed by atoms with Crippen LogP contribution in [0.2, 0.25) is 18.1 Å². The molecule has 5 nitrogen and oxygen atoms in total. The van der Waals surface area contributed by atoms with Crippen LogP contribution >= 0.6 is 0 Å². The number of nitro groups is 1. The largest absolute Gasteiger partial charge is 0.489 e. The Morgan fingerprint density at radius 2 is 1.83 bits per heavy atom. The van der Waals surface area contributed by atoms with Gasteiger partial charge in [0.1, 0.15) is 19.3 Å². The Bertz CT molecular complexity index is 779. The summed E-state index contributed by atoms with van der Waals surface area (Å²) in [6.07, 6.45) is 1.62. The van der Waals surface area contributed by atoms with Gasteiger partial charge in [-0.1, -0.05) is 33.9 Å². The number of nitrogens with zero attached hydrogens (tertiary/aromatic N) is 2. The molecule has 1 aromatic carbocycles. The number of nitro benzene ring substituents is 1. The fourth-order valence-corrected chi connectivity index (χ4v) is 4.49. The number of fused-ring (bicyclic) bond motifs is 1. The van der Waals surface area contributed by atoms with Crippen molar-refractivity contribution in [3.8, 4) is 5.75 Å². The van der Waals surface area contributed by atoms with Crippen LogP contribution in [0.5, 0.6) is 5.75 Å². The van der Waals surface area contributed by atoms with Crippen LogP contribution in [0.4, 0.5) is 5.69 Å². The van der Waals surface area contributed by atoms with Crippen molar-refractivity contribution >= 4 is 24.7 Å². The van der Waals surface area contributed by atoms with Gasteiger partial charge >= 0.3 is 0 Å². The Balaban J connectivity index is 2.55. The number of hydrogen-bond donors (Lipinski definition) is 0. The van der Waals surface area contributed by atoms with Gasteiger partial charge in [0.15, 0.2) is 0 Å². The third kappa shape index (κ3) is 3.02. The van der Waals surface area contributed by atoms with Gasteiger partial charge in [0.25, 0.3) is 5.69 Å². The van der Waals surface area contributed by atoms with Gasteiger partial charge in [-0.05, 0) is 37.1 Å². The molecule has 1 aromatic heterocycles. The molecule has 24 heavy (non-hydrogen) atoms. The Morgan fingerprint density at radius 3 is 2.38 bits per heavy atom. The monoisotopic (exact) mass is 345 g/mol. The highest BCUT2D eigenvalue weighted by Crippen LogP contribution is 2.45. The molecule has 0 aliphatic carbocycles. The number of pyridine rings is 1. The summed E-state index contributed by atoms with van der Waals surface area (Å²) >= 11 is 0. The molecule has 129 valence electrons. The second-order valence-corrected chi connectivity index (χ2v) is 13.8. The lowest BCUT2D eigenvalue weighted by molar-refractivity contribution is -0.383. The maximum absolute atomic E-state index is 11.2. The van der Waals surface area contributed by atoms with E-state index in [1.165, 1.54) is 6.07 Å². The zero-order valence-electron chi connectivity index (χ0n) is 15.2. The maximum Gasteiger partial charge on any atom is 0.279 e. The van der Waals surface area contributed by atoms with Crippen LogP contribution < -0.4 is 4.74 Å². The number of hydrogen-bond acceptors (Lipinski definition) is 4. The van der Waals surface area contributed by atoms with Crippen molar-refractivity contribution < 1.29 is 9.66 Å². The first-order chi connectivity index (χ1) is 10.9. The van der Waals surface area contributed by atoms with Crippen molar-refractivity contribution in [1.82, 2.24) is 4.98 Å². The predicted molar refractivity (Wildman–Crippen MR) is 100.0 cm³/mol. The molecule has 1 heterocycles. The predicted octanol–water partition coefficient (Wildman–Crippen LogP) is 5.16. The Hall–Kier alpha value is -1.95. The lowest BCUT2D eigenvalue weighted by Crippen LogP contribution is -2.59. The molecule has 0 saturated heterocycles. The zero-order chi connectivity index (χ0) is 18.3. The molecule has 0 amide bonds. The van der Waals surface area contributed by atoms with Gasteiger partial charge in [-0.2, -0.15) is 0 Å². The van der Waals surface area contributed by atoms with Crippen molar-refractivity contribution in [2.75, 3.05) is 0 Å². The second kappa shape index (κ2) is 5.84. The summed E-state index contributed by atoms with van der Waals surface area (Å²) in [4.78, 5) is 15.1. The third-order valence-electron chi connectivity index (χ3n) is 5.44. The SMILES string of the molecule is [CH2]C(C)(Oc1ccc([N+](=O)[O-])c2cccnc12)[Si](C)(C)C(C)(C)C. The summed E-state index contributed by atoms with van der Waals surface area (Å²) < 4.78 is 6.31. The third-order valence-corrected chi connectivity index (χ3v) is 11.9. The van der Waals surface area contributed by atoms with Gasteiger partial charge < -0.3 is 4.74 Å². The van der Waals surface area contributed by atoms with Gasteiger partial charge in [-0.3, -0.25) is 15.1 Å². The quantitative estimate of drug-likeness (QED) is 0.436. The molecule has 0 bridgehead atoms. The van der Waals surface area contributed by atoms with E-state index in [1.807, 2.05) is 6.92 Å². The highest BCUT2D eigenvalue weighted by Gasteiger charge is 2.49. The van der Waals surface area contributed by atoms with Gasteiger partial charge in [-0.25, -0.2) is 0 Å². The van der Waals surface area contributed by atoms with Crippen LogP contribution in [0.3, 0.4) is 0 Å². The summed E-state index contributed by atoms with van der Waals surface area (Å²) in [5.41, 5.74) is 0.531. The summed E-state index contributed by atoms with van der Waals surface area (Å²) in [5.74, 6) is 0.540. The summed E-state index contributed by atoms with van der Waals surface area (Å²) in [6.45, 7) is 17.5. The van der Waals surface area contributed by atoms with Crippen molar-refractivity contribution in [3.05, 3.63) is 47.5 Å². The topological polar surface area (TPSA) is 65.3 Å². The highest BCUT2D eigenvalue weighted by atomic mass is 28.3. The lowest BCUT2D eigenvalue weighted by Gasteiger charge is -2.48. The average Bonchev–Trinajstić information content (AvgIpc) is 2.45. The Labute approximate surface area is 144 Å². The van der Waals surface area contributed by atoms with Gasteiger partial charge in [0, 0.05) is 12.3 Å². The van der Waals surface area contributed by atoms with E-state index in [2.05, 4.69) is 45.8 Å². The van der Waals surface area contributed by atoms with Crippen molar-refractivity contribution in [1.29, 1.82) is 0 Å². The Kier molecular flexibility index (Phi) is 4.48. The average molecular weight is 345 g/mol. The smallest absolute Gasteiger partial charge is 0.279 e. The molecule has 0 saturated carbocycles. The molecule has 0 fully saturated rings. The normalized spacial score (nSPS) is 13.1. The van der Waals surface area contributed by atoms with E-state index in [0.29, 0.717) is 16.7 Å². The second-order valence-electron chi connectivity index (χ2n) is 7.95. The molecule has 0 aliphatic rings. The van der Waals surface area contributed by atoms with Gasteiger partial charge in [0.05, 0.1) is 15.5 Å². The molecule has 0 aliphatic heterocycles. The van der Waals surface area contributed by atoms with Crippen LogP contribution in [0.15, 0.2) is 30.5 Å². The van der Waals surface area contributed by atoms with Gasteiger partial charge in [-0.15, -0.1) is 0 Å². The van der Waals surface area contributed by atoms with Crippen LogP contribution in [-0.2, 0) is 0 Å². The van der Waals surface area contributed by atoms with Crippen LogP contribution in [-0.4, -0.2) is 23.2 Å². The highest BCUT2D eigenvalue weighted by molar-refractivity contribution is 6.83. The maximum atomic E-state index is 11.2. The fourth-order valence-electron chi connectivity index (χ4n) is 2.54. The summed E-state index contributed by atoms with van der Waals surface area (Å²) in [7, 11) is -1.93. The number of rotatable bonds is 4. The number of benzene rings is 1. The first kappa shape index (κ1) is 18.4. The molecule has 2 aromatic rings. The zero-order valence-corrected chi connectivity index (χ0v) is 16.2. The number of ether oxygens (including phenoxy) is 1. The first-order valence-electron chi connectivity index (χ1n) is 7.95. The van der Waals surface area contributed by atoms with E-state index in [-0.39, 0.29) is 10.7 Å². The number of non-ortho nitro benzene ring substituents is 1. The first-order valence-corrected chi connectivity index (χ1v) is 10.9. The molecular formula is C18H25N2O3Si. The summed E-state index contributed by atoms with van der Waals surface area (Å²) in [5, 5.41) is 11.2. The van der Waals surface area contributed by atoms with E-state index < -0.39 is 18.2 Å². The van der Waals surface area contributed by atoms with Crippen molar-refractivity contribution in [2.45, 2.75) is 51.1 Å². The molecule has 1 atom stereocenters. The standard InChI is InChI=1S/C18H25N2O3Si/c1-17(2,3)24(6,7)18(4,5)23-15-11-10-14(20(21)22)13-9-8-12-19-16(13)15/h8-12H,4H2,1-3,5-7H3. The Morgan fingerprint density at radius 1 is 1.21 bits per heavy atom.